The zero-order chi connectivity index (χ0) is 19.1. The molecule has 0 spiro atoms. The fraction of sp³-hybridized carbons (Fsp3) is 0.458. The molecule has 0 N–H and O–H groups in total. The molecule has 27 heavy (non-hydrogen) atoms. The molecule has 144 valence electrons. The van der Waals surface area contributed by atoms with E-state index in [-0.39, 0.29) is 5.82 Å². The van der Waals surface area contributed by atoms with Crippen LogP contribution in [0.5, 0.6) is 5.75 Å². The maximum absolute atomic E-state index is 13.6. The van der Waals surface area contributed by atoms with Gasteiger partial charge in [0.2, 0.25) is 0 Å². The molecule has 0 aromatic heterocycles. The number of hydrogen-bond donors (Lipinski definition) is 0. The van der Waals surface area contributed by atoms with Crippen molar-refractivity contribution in [3.63, 3.8) is 0 Å². The van der Waals surface area contributed by atoms with Crippen LogP contribution in [0.1, 0.15) is 63.0 Å². The average molecular weight is 368 g/mol. The molecule has 2 nitrogen and oxygen atoms in total. The van der Waals surface area contributed by atoms with Crippen molar-refractivity contribution in [2.45, 2.75) is 58.8 Å². The van der Waals surface area contributed by atoms with Crippen LogP contribution in [-0.2, 0) is 0 Å². The summed E-state index contributed by atoms with van der Waals surface area (Å²) in [4.78, 5) is 4.90. The van der Waals surface area contributed by atoms with Crippen molar-refractivity contribution in [2.24, 2.45) is 4.99 Å². The molecule has 2 aromatic rings. The van der Waals surface area contributed by atoms with Crippen molar-refractivity contribution in [1.82, 2.24) is 0 Å². The maximum atomic E-state index is 13.6. The van der Waals surface area contributed by atoms with Crippen LogP contribution < -0.4 is 4.74 Å². The van der Waals surface area contributed by atoms with Gasteiger partial charge in [0, 0.05) is 17.8 Å². The van der Waals surface area contributed by atoms with Crippen LogP contribution in [0.2, 0.25) is 0 Å². The lowest BCUT2D eigenvalue weighted by Gasteiger charge is -2.11. The third kappa shape index (κ3) is 5.18. The Bertz CT molecular complexity index is 797. The van der Waals surface area contributed by atoms with Gasteiger partial charge in [0.15, 0.2) is 0 Å². The van der Waals surface area contributed by atoms with Crippen LogP contribution >= 0.6 is 0 Å². The van der Waals surface area contributed by atoms with Gasteiger partial charge in [-0.2, -0.15) is 0 Å². The molecule has 3 rings (SSSR count). The highest BCUT2D eigenvalue weighted by Crippen LogP contribution is 2.31. The fourth-order valence-corrected chi connectivity index (χ4v) is 3.53. The van der Waals surface area contributed by atoms with E-state index in [0.717, 1.165) is 48.2 Å². The lowest BCUT2D eigenvalue weighted by molar-refractivity contribution is 0.318. The SMILES string of the molecule is CCCCCCCN=C1CCCOc2cc(-c3ccc(F)c(C)c3)ccc21. The van der Waals surface area contributed by atoms with Crippen molar-refractivity contribution in [3.05, 3.63) is 53.3 Å². The molecule has 1 aliphatic heterocycles. The van der Waals surface area contributed by atoms with Gasteiger partial charge < -0.3 is 4.74 Å². The van der Waals surface area contributed by atoms with Gasteiger partial charge in [-0.05, 0) is 67.1 Å². The van der Waals surface area contributed by atoms with Gasteiger partial charge in [-0.15, -0.1) is 0 Å². The van der Waals surface area contributed by atoms with E-state index in [1.54, 1.807) is 6.92 Å². The third-order valence-electron chi connectivity index (χ3n) is 5.16. The van der Waals surface area contributed by atoms with Crippen molar-refractivity contribution in [3.8, 4) is 16.9 Å². The molecule has 0 aliphatic carbocycles. The number of unbranched alkanes of at least 4 members (excludes halogenated alkanes) is 4. The maximum Gasteiger partial charge on any atom is 0.128 e. The van der Waals surface area contributed by atoms with Gasteiger partial charge in [0.1, 0.15) is 11.6 Å². The number of fused-ring (bicyclic) bond motifs is 1. The van der Waals surface area contributed by atoms with Crippen molar-refractivity contribution in [1.29, 1.82) is 0 Å². The van der Waals surface area contributed by atoms with Gasteiger partial charge in [-0.1, -0.05) is 44.7 Å². The summed E-state index contributed by atoms with van der Waals surface area (Å²) in [5, 5.41) is 0. The summed E-state index contributed by atoms with van der Waals surface area (Å²) in [6.45, 7) is 5.65. The van der Waals surface area contributed by atoms with E-state index in [1.807, 2.05) is 12.1 Å². The molecule has 0 radical (unpaired) electrons. The minimum atomic E-state index is -0.168. The molecular weight excluding hydrogens is 337 g/mol. The number of aryl methyl sites for hydroxylation is 1. The molecule has 0 bridgehead atoms. The predicted octanol–water partition coefficient (Wildman–Crippen LogP) is 6.73. The highest BCUT2D eigenvalue weighted by Gasteiger charge is 2.16. The summed E-state index contributed by atoms with van der Waals surface area (Å²) in [5.41, 5.74) is 5.01. The highest BCUT2D eigenvalue weighted by atomic mass is 19.1. The van der Waals surface area contributed by atoms with Crippen LogP contribution in [0.25, 0.3) is 11.1 Å². The number of rotatable bonds is 7. The summed E-state index contributed by atoms with van der Waals surface area (Å²) in [7, 11) is 0. The van der Waals surface area contributed by atoms with E-state index in [2.05, 4.69) is 25.1 Å². The molecule has 0 saturated carbocycles. The second-order valence-corrected chi connectivity index (χ2v) is 7.37. The van der Waals surface area contributed by atoms with Gasteiger partial charge in [-0.25, -0.2) is 4.39 Å². The molecule has 0 amide bonds. The van der Waals surface area contributed by atoms with E-state index in [1.165, 1.54) is 37.5 Å². The first-order chi connectivity index (χ1) is 13.2. The molecule has 0 fully saturated rings. The molecule has 1 heterocycles. The van der Waals surface area contributed by atoms with Crippen LogP contribution in [0.3, 0.4) is 0 Å². The Morgan fingerprint density at radius 3 is 2.59 bits per heavy atom. The first-order valence-electron chi connectivity index (χ1n) is 10.3. The molecule has 0 unspecified atom stereocenters. The van der Waals surface area contributed by atoms with E-state index >= 15 is 0 Å². The van der Waals surface area contributed by atoms with Crippen LogP contribution in [0.15, 0.2) is 41.4 Å². The number of hydrogen-bond acceptors (Lipinski definition) is 2. The number of nitrogens with zero attached hydrogens (tertiary/aromatic N) is 1. The second-order valence-electron chi connectivity index (χ2n) is 7.37. The topological polar surface area (TPSA) is 21.6 Å². The van der Waals surface area contributed by atoms with Gasteiger partial charge in [-0.3, -0.25) is 4.99 Å². The van der Waals surface area contributed by atoms with E-state index < -0.39 is 0 Å². The summed E-state index contributed by atoms with van der Waals surface area (Å²) >= 11 is 0. The predicted molar refractivity (Wildman–Crippen MR) is 111 cm³/mol. The first kappa shape index (κ1) is 19.6. The number of ether oxygens (including phenoxy) is 1. The van der Waals surface area contributed by atoms with Gasteiger partial charge in [0.05, 0.1) is 6.61 Å². The third-order valence-corrected chi connectivity index (χ3v) is 5.16. The Kier molecular flexibility index (Phi) is 7.03. The Labute approximate surface area is 162 Å². The monoisotopic (exact) mass is 367 g/mol. The van der Waals surface area contributed by atoms with E-state index in [0.29, 0.717) is 12.2 Å². The van der Waals surface area contributed by atoms with Crippen molar-refractivity contribution >= 4 is 5.71 Å². The summed E-state index contributed by atoms with van der Waals surface area (Å²) in [5.74, 6) is 0.731. The minimum Gasteiger partial charge on any atom is -0.493 e. The standard InChI is InChI=1S/C24H30FNO/c1-3-4-5-6-7-14-26-23-9-8-15-27-24-17-20(10-12-21(23)24)19-11-13-22(25)18(2)16-19/h10-13,16-17H,3-9,14-15H2,1-2H3. The Morgan fingerprint density at radius 1 is 1.00 bits per heavy atom. The van der Waals surface area contributed by atoms with Crippen molar-refractivity contribution in [2.75, 3.05) is 13.2 Å². The first-order valence-corrected chi connectivity index (χ1v) is 10.3. The van der Waals surface area contributed by atoms with E-state index in [9.17, 15) is 4.39 Å². The quantitative estimate of drug-likeness (QED) is 0.497. The largest absolute Gasteiger partial charge is 0.493 e. The van der Waals surface area contributed by atoms with Crippen molar-refractivity contribution < 1.29 is 9.13 Å². The van der Waals surface area contributed by atoms with Crippen LogP contribution in [-0.4, -0.2) is 18.9 Å². The lowest BCUT2D eigenvalue weighted by atomic mass is 9.98. The summed E-state index contributed by atoms with van der Waals surface area (Å²) < 4.78 is 19.6. The van der Waals surface area contributed by atoms with Crippen LogP contribution in [0.4, 0.5) is 4.39 Å². The Balaban J connectivity index is 1.77. The van der Waals surface area contributed by atoms with Crippen LogP contribution in [0, 0.1) is 12.7 Å². The molecule has 3 heteroatoms. The van der Waals surface area contributed by atoms with E-state index in [4.69, 9.17) is 9.73 Å². The second kappa shape index (κ2) is 9.68. The normalized spacial score (nSPS) is 15.3. The Hall–Kier alpha value is -2.16. The average Bonchev–Trinajstić information content (AvgIpc) is 2.88. The molecule has 0 atom stereocenters. The summed E-state index contributed by atoms with van der Waals surface area (Å²) in [6.07, 6.45) is 8.28. The Morgan fingerprint density at radius 2 is 1.78 bits per heavy atom. The number of halogens is 1. The minimum absolute atomic E-state index is 0.168. The molecule has 2 aromatic carbocycles. The molecule has 1 aliphatic rings. The van der Waals surface area contributed by atoms with Gasteiger partial charge in [0.25, 0.3) is 0 Å². The number of aliphatic imine (C=N–C) groups is 1. The molecule has 0 saturated heterocycles. The highest BCUT2D eigenvalue weighted by molar-refractivity contribution is 6.03. The fourth-order valence-electron chi connectivity index (χ4n) is 3.53. The van der Waals surface area contributed by atoms with Gasteiger partial charge >= 0.3 is 0 Å². The summed E-state index contributed by atoms with van der Waals surface area (Å²) in [6, 6.07) is 11.5. The smallest absolute Gasteiger partial charge is 0.128 e. The zero-order valence-electron chi connectivity index (χ0n) is 16.6. The zero-order valence-corrected chi connectivity index (χ0v) is 16.6. The lowest BCUT2D eigenvalue weighted by Crippen LogP contribution is -2.02. The number of benzene rings is 2. The molecular formula is C24H30FNO.